The number of aromatic nitrogens is 1. The van der Waals surface area contributed by atoms with E-state index in [0.29, 0.717) is 5.75 Å². The summed E-state index contributed by atoms with van der Waals surface area (Å²) >= 11 is 0. The molecule has 3 rings (SSSR count). The largest absolute Gasteiger partial charge is 0.478 e. The quantitative estimate of drug-likeness (QED) is 0.390. The minimum atomic E-state index is -1.28. The number of hydrogen-bond donors (Lipinski definition) is 2. The molecule has 0 radical (unpaired) electrons. The van der Waals surface area contributed by atoms with Crippen LogP contribution in [0.2, 0.25) is 0 Å². The minimum Gasteiger partial charge on any atom is -0.478 e. The van der Waals surface area contributed by atoms with Crippen LogP contribution >= 0.6 is 0 Å². The average Bonchev–Trinajstić information content (AvgIpc) is 3.18. The van der Waals surface area contributed by atoms with Crippen LogP contribution in [0.1, 0.15) is 76.9 Å². The standard InChI is InChI=1S/C25H32N2O4/c1-5-7-10-21(23-27-20-11-8-9-12-22(20)30-23)26-19(6-2)17-13-15-18(16-14-17)31-25(3,4)24(28)29/h8-9,11-16,19,21,26H,5-7,10H2,1-4H3,(H,28,29). The number of oxazole rings is 1. The second kappa shape index (κ2) is 9.96. The molecule has 0 saturated heterocycles. The molecule has 2 atom stereocenters. The van der Waals surface area contributed by atoms with Crippen molar-refractivity contribution in [2.45, 2.75) is 71.1 Å². The maximum atomic E-state index is 11.3. The Hall–Kier alpha value is -2.86. The molecule has 0 aliphatic heterocycles. The fourth-order valence-electron chi connectivity index (χ4n) is 3.52. The fourth-order valence-corrected chi connectivity index (χ4v) is 3.52. The Morgan fingerprint density at radius 3 is 2.45 bits per heavy atom. The molecule has 0 aliphatic rings. The van der Waals surface area contributed by atoms with E-state index in [2.05, 4.69) is 19.2 Å². The molecule has 0 spiro atoms. The number of para-hydroxylation sites is 2. The van der Waals surface area contributed by atoms with Gasteiger partial charge in [0.05, 0.1) is 6.04 Å². The molecular weight excluding hydrogens is 392 g/mol. The van der Waals surface area contributed by atoms with Crippen LogP contribution in [0, 0.1) is 0 Å². The Labute approximate surface area is 183 Å². The van der Waals surface area contributed by atoms with Crippen molar-refractivity contribution in [2.75, 3.05) is 0 Å². The summed E-state index contributed by atoms with van der Waals surface area (Å²) in [5.74, 6) is 0.255. The van der Waals surface area contributed by atoms with Gasteiger partial charge in [0, 0.05) is 6.04 Å². The van der Waals surface area contributed by atoms with Crippen molar-refractivity contribution in [3.8, 4) is 5.75 Å². The van der Waals surface area contributed by atoms with Crippen molar-refractivity contribution < 1.29 is 19.1 Å². The molecule has 0 bridgehead atoms. The van der Waals surface area contributed by atoms with Gasteiger partial charge in [-0.3, -0.25) is 5.32 Å². The molecule has 0 aliphatic carbocycles. The van der Waals surface area contributed by atoms with Gasteiger partial charge in [0.2, 0.25) is 5.89 Å². The highest BCUT2D eigenvalue weighted by Crippen LogP contribution is 2.29. The van der Waals surface area contributed by atoms with Gasteiger partial charge in [-0.1, -0.05) is 51.0 Å². The predicted molar refractivity (Wildman–Crippen MR) is 121 cm³/mol. The molecule has 6 heteroatoms. The summed E-state index contributed by atoms with van der Waals surface area (Å²) in [4.78, 5) is 16.0. The third kappa shape index (κ3) is 5.64. The number of unbranched alkanes of at least 4 members (excludes halogenated alkanes) is 1. The van der Waals surface area contributed by atoms with E-state index in [0.717, 1.165) is 48.2 Å². The van der Waals surface area contributed by atoms with E-state index in [4.69, 9.17) is 14.1 Å². The summed E-state index contributed by atoms with van der Waals surface area (Å²) in [7, 11) is 0. The van der Waals surface area contributed by atoms with Crippen LogP contribution in [0.3, 0.4) is 0 Å². The lowest BCUT2D eigenvalue weighted by Gasteiger charge is -2.25. The number of fused-ring (bicyclic) bond motifs is 1. The van der Waals surface area contributed by atoms with Gasteiger partial charge in [0.25, 0.3) is 0 Å². The lowest BCUT2D eigenvalue weighted by Crippen LogP contribution is -2.37. The average molecular weight is 425 g/mol. The van der Waals surface area contributed by atoms with Crippen molar-refractivity contribution in [2.24, 2.45) is 0 Å². The number of rotatable bonds is 11. The molecule has 1 aromatic heterocycles. The van der Waals surface area contributed by atoms with Crippen LogP contribution in [-0.4, -0.2) is 21.7 Å². The lowest BCUT2D eigenvalue weighted by molar-refractivity contribution is -0.152. The summed E-state index contributed by atoms with van der Waals surface area (Å²) in [5, 5.41) is 13.0. The van der Waals surface area contributed by atoms with Gasteiger partial charge in [0.15, 0.2) is 11.2 Å². The van der Waals surface area contributed by atoms with Gasteiger partial charge in [-0.25, -0.2) is 9.78 Å². The van der Waals surface area contributed by atoms with Gasteiger partial charge in [-0.2, -0.15) is 0 Å². The molecule has 2 unspecified atom stereocenters. The number of ether oxygens (including phenoxy) is 1. The third-order valence-corrected chi connectivity index (χ3v) is 5.44. The molecule has 1 heterocycles. The SMILES string of the molecule is CCCCC(NC(CC)c1ccc(OC(C)(C)C(=O)O)cc1)c1nc2ccccc2o1. The smallest absolute Gasteiger partial charge is 0.347 e. The summed E-state index contributed by atoms with van der Waals surface area (Å²) in [5.41, 5.74) is 1.51. The van der Waals surface area contributed by atoms with Gasteiger partial charge in [-0.15, -0.1) is 0 Å². The van der Waals surface area contributed by atoms with Crippen LogP contribution in [0.4, 0.5) is 0 Å². The second-order valence-corrected chi connectivity index (χ2v) is 8.33. The highest BCUT2D eigenvalue weighted by atomic mass is 16.5. The minimum absolute atomic E-state index is 0.0131. The van der Waals surface area contributed by atoms with Crippen LogP contribution in [0.25, 0.3) is 11.1 Å². The van der Waals surface area contributed by atoms with Crippen molar-refractivity contribution in [1.82, 2.24) is 10.3 Å². The Bertz CT molecular complexity index is 961. The predicted octanol–water partition coefficient (Wildman–Crippen LogP) is 6.04. The van der Waals surface area contributed by atoms with Gasteiger partial charge in [0.1, 0.15) is 11.3 Å². The summed E-state index contributed by atoms with van der Waals surface area (Å²) in [6.45, 7) is 7.40. The lowest BCUT2D eigenvalue weighted by atomic mass is 10.0. The monoisotopic (exact) mass is 424 g/mol. The van der Waals surface area contributed by atoms with E-state index in [1.165, 1.54) is 13.8 Å². The van der Waals surface area contributed by atoms with Crippen molar-refractivity contribution >= 4 is 17.1 Å². The zero-order chi connectivity index (χ0) is 22.4. The molecular formula is C25H32N2O4. The van der Waals surface area contributed by atoms with Crippen molar-refractivity contribution in [1.29, 1.82) is 0 Å². The molecule has 6 nitrogen and oxygen atoms in total. The number of nitrogens with one attached hydrogen (secondary N) is 1. The number of carboxylic acids is 1. The van der Waals surface area contributed by atoms with E-state index >= 15 is 0 Å². The molecule has 2 N–H and O–H groups in total. The molecule has 2 aromatic carbocycles. The first kappa shape index (κ1) is 22.8. The molecule has 166 valence electrons. The Balaban J connectivity index is 1.78. The van der Waals surface area contributed by atoms with Gasteiger partial charge < -0.3 is 14.3 Å². The highest BCUT2D eigenvalue weighted by Gasteiger charge is 2.29. The number of carbonyl (C=O) groups is 1. The van der Waals surface area contributed by atoms with Crippen LogP contribution in [-0.2, 0) is 4.79 Å². The number of aliphatic carboxylic acids is 1. The maximum Gasteiger partial charge on any atom is 0.347 e. The van der Waals surface area contributed by atoms with E-state index in [1.807, 2.05) is 48.5 Å². The van der Waals surface area contributed by atoms with Gasteiger partial charge in [-0.05, 0) is 56.5 Å². The molecule has 0 amide bonds. The number of hydrogen-bond acceptors (Lipinski definition) is 5. The maximum absolute atomic E-state index is 11.3. The van der Waals surface area contributed by atoms with Crippen molar-refractivity contribution in [3.63, 3.8) is 0 Å². The Morgan fingerprint density at radius 2 is 1.84 bits per heavy atom. The zero-order valence-electron chi connectivity index (χ0n) is 18.7. The topological polar surface area (TPSA) is 84.6 Å². The first-order chi connectivity index (χ1) is 14.8. The summed E-state index contributed by atoms with van der Waals surface area (Å²) in [6, 6.07) is 15.6. The zero-order valence-corrected chi connectivity index (χ0v) is 18.7. The number of benzene rings is 2. The molecule has 0 fully saturated rings. The second-order valence-electron chi connectivity index (χ2n) is 8.33. The summed E-state index contributed by atoms with van der Waals surface area (Å²) in [6.07, 6.45) is 4.00. The highest BCUT2D eigenvalue weighted by molar-refractivity contribution is 5.76. The Kier molecular flexibility index (Phi) is 7.33. The van der Waals surface area contributed by atoms with Crippen LogP contribution in [0.5, 0.6) is 5.75 Å². The van der Waals surface area contributed by atoms with E-state index in [1.54, 1.807) is 0 Å². The van der Waals surface area contributed by atoms with Crippen LogP contribution < -0.4 is 10.1 Å². The van der Waals surface area contributed by atoms with E-state index in [-0.39, 0.29) is 12.1 Å². The van der Waals surface area contributed by atoms with E-state index in [9.17, 15) is 9.90 Å². The molecule has 31 heavy (non-hydrogen) atoms. The first-order valence-corrected chi connectivity index (χ1v) is 11.0. The fraction of sp³-hybridized carbons (Fsp3) is 0.440. The first-order valence-electron chi connectivity index (χ1n) is 11.0. The molecule has 0 saturated carbocycles. The normalized spacial score (nSPS) is 13.8. The third-order valence-electron chi connectivity index (χ3n) is 5.44. The van der Waals surface area contributed by atoms with Crippen molar-refractivity contribution in [3.05, 3.63) is 60.0 Å². The Morgan fingerprint density at radius 1 is 1.13 bits per heavy atom. The molecule has 3 aromatic rings. The summed E-state index contributed by atoms with van der Waals surface area (Å²) < 4.78 is 11.7. The number of nitrogens with zero attached hydrogens (tertiary/aromatic N) is 1. The number of carboxylic acid groups (broad SMARTS) is 1. The van der Waals surface area contributed by atoms with E-state index < -0.39 is 11.6 Å². The van der Waals surface area contributed by atoms with Gasteiger partial charge >= 0.3 is 5.97 Å². The van der Waals surface area contributed by atoms with Crippen LogP contribution in [0.15, 0.2) is 52.9 Å².